The van der Waals surface area contributed by atoms with E-state index in [0.29, 0.717) is 10.7 Å². The maximum atomic E-state index is 10.2. The summed E-state index contributed by atoms with van der Waals surface area (Å²) in [5.41, 5.74) is 4.38. The number of halogens is 1. The average Bonchev–Trinajstić information content (AvgIpc) is 2.14. The third-order valence-corrected chi connectivity index (χ3v) is 2.13. The molecule has 0 aliphatic carbocycles. The van der Waals surface area contributed by atoms with Gasteiger partial charge in [0.2, 0.25) is 0 Å². The van der Waals surface area contributed by atoms with E-state index in [1.54, 1.807) is 25.1 Å². The second-order valence-electron chi connectivity index (χ2n) is 3.07. The Morgan fingerprint density at radius 3 is 2.73 bits per heavy atom. The second kappa shape index (κ2) is 4.79. The van der Waals surface area contributed by atoms with Crippen LogP contribution in [0.5, 0.6) is 0 Å². The van der Waals surface area contributed by atoms with Crippen molar-refractivity contribution in [1.82, 2.24) is 5.43 Å². The van der Waals surface area contributed by atoms with Crippen LogP contribution in [0, 0.1) is 6.92 Å². The minimum atomic E-state index is -1.18. The van der Waals surface area contributed by atoms with Gasteiger partial charge in [-0.15, -0.1) is 0 Å². The zero-order valence-electron chi connectivity index (χ0n) is 8.41. The van der Waals surface area contributed by atoms with Gasteiger partial charge in [0.05, 0.1) is 5.71 Å². The number of carboxylic acid groups (broad SMARTS) is 1. The lowest BCUT2D eigenvalue weighted by Gasteiger charge is -2.05. The summed E-state index contributed by atoms with van der Waals surface area (Å²) in [7, 11) is 0. The van der Waals surface area contributed by atoms with Gasteiger partial charge in [-0.3, -0.25) is 0 Å². The average molecular weight is 227 g/mol. The SMILES string of the molecule is CC(=NNC(=O)O)c1ccc(Cl)cc1C. The number of carbonyl (C=O) groups is 1. The Morgan fingerprint density at radius 1 is 1.53 bits per heavy atom. The molecule has 1 aromatic rings. The first-order valence-corrected chi connectivity index (χ1v) is 4.68. The van der Waals surface area contributed by atoms with Gasteiger partial charge in [-0.25, -0.2) is 10.2 Å². The van der Waals surface area contributed by atoms with E-state index >= 15 is 0 Å². The van der Waals surface area contributed by atoms with Crippen LogP contribution >= 0.6 is 11.6 Å². The van der Waals surface area contributed by atoms with Crippen LogP contribution in [0.4, 0.5) is 4.79 Å². The first-order chi connectivity index (χ1) is 7.00. The zero-order chi connectivity index (χ0) is 11.4. The van der Waals surface area contributed by atoms with Crippen molar-refractivity contribution in [2.24, 2.45) is 5.10 Å². The van der Waals surface area contributed by atoms with Gasteiger partial charge in [0, 0.05) is 10.6 Å². The minimum absolute atomic E-state index is 0.603. The summed E-state index contributed by atoms with van der Waals surface area (Å²) in [5, 5.41) is 12.7. The molecule has 1 rings (SSSR count). The predicted molar refractivity (Wildman–Crippen MR) is 59.6 cm³/mol. The lowest BCUT2D eigenvalue weighted by Crippen LogP contribution is -2.16. The number of hydrogen-bond donors (Lipinski definition) is 2. The topological polar surface area (TPSA) is 61.7 Å². The third kappa shape index (κ3) is 3.25. The lowest BCUT2D eigenvalue weighted by atomic mass is 10.1. The summed E-state index contributed by atoms with van der Waals surface area (Å²) in [5.74, 6) is 0. The number of hydrogen-bond acceptors (Lipinski definition) is 2. The number of rotatable bonds is 2. The van der Waals surface area contributed by atoms with Crippen LogP contribution < -0.4 is 5.43 Å². The fraction of sp³-hybridized carbons (Fsp3) is 0.200. The molecule has 0 bridgehead atoms. The van der Waals surface area contributed by atoms with E-state index in [2.05, 4.69) is 5.10 Å². The summed E-state index contributed by atoms with van der Waals surface area (Å²) < 4.78 is 0. The van der Waals surface area contributed by atoms with Crippen molar-refractivity contribution in [3.05, 3.63) is 34.3 Å². The van der Waals surface area contributed by atoms with Crippen LogP contribution in [-0.2, 0) is 0 Å². The van der Waals surface area contributed by atoms with Crippen LogP contribution in [0.15, 0.2) is 23.3 Å². The lowest BCUT2D eigenvalue weighted by molar-refractivity contribution is 0.195. The molecule has 1 amide bonds. The van der Waals surface area contributed by atoms with E-state index in [-0.39, 0.29) is 0 Å². The van der Waals surface area contributed by atoms with Gasteiger partial charge < -0.3 is 5.11 Å². The maximum absolute atomic E-state index is 10.2. The molecule has 5 heteroatoms. The smallest absolute Gasteiger partial charge is 0.425 e. The van der Waals surface area contributed by atoms with E-state index in [1.807, 2.05) is 12.3 Å². The van der Waals surface area contributed by atoms with Gasteiger partial charge in [0.1, 0.15) is 0 Å². The number of aryl methyl sites for hydroxylation is 1. The highest BCUT2D eigenvalue weighted by molar-refractivity contribution is 6.30. The Hall–Kier alpha value is -1.55. The van der Waals surface area contributed by atoms with Crippen LogP contribution in [0.2, 0.25) is 5.02 Å². The molecular weight excluding hydrogens is 216 g/mol. The van der Waals surface area contributed by atoms with Crippen LogP contribution in [0.25, 0.3) is 0 Å². The molecule has 80 valence electrons. The fourth-order valence-corrected chi connectivity index (χ4v) is 1.45. The standard InChI is InChI=1S/C10H11ClN2O2/c1-6-5-8(11)3-4-9(6)7(2)12-13-10(14)15/h3-5,13H,1-2H3,(H,14,15). The predicted octanol–water partition coefficient (Wildman–Crippen LogP) is 2.64. The summed E-state index contributed by atoms with van der Waals surface area (Å²) in [6, 6.07) is 5.35. The zero-order valence-corrected chi connectivity index (χ0v) is 9.17. The van der Waals surface area contributed by atoms with Gasteiger partial charge in [-0.1, -0.05) is 17.7 Å². The van der Waals surface area contributed by atoms with E-state index in [1.165, 1.54) is 0 Å². The maximum Gasteiger partial charge on any atom is 0.425 e. The number of nitrogens with zero attached hydrogens (tertiary/aromatic N) is 1. The molecule has 0 fully saturated rings. The number of amides is 1. The molecule has 0 radical (unpaired) electrons. The Bertz CT molecular complexity index is 416. The Morgan fingerprint density at radius 2 is 2.20 bits per heavy atom. The highest BCUT2D eigenvalue weighted by Crippen LogP contribution is 2.15. The summed E-state index contributed by atoms with van der Waals surface area (Å²) in [6.45, 7) is 3.62. The molecule has 15 heavy (non-hydrogen) atoms. The molecule has 0 aliphatic heterocycles. The van der Waals surface area contributed by atoms with Crippen molar-refractivity contribution < 1.29 is 9.90 Å². The van der Waals surface area contributed by atoms with Gasteiger partial charge in [-0.2, -0.15) is 5.10 Å². The largest absolute Gasteiger partial charge is 0.464 e. The second-order valence-corrected chi connectivity index (χ2v) is 3.51. The molecule has 0 aromatic heterocycles. The van der Waals surface area contributed by atoms with E-state index in [4.69, 9.17) is 16.7 Å². The van der Waals surface area contributed by atoms with Crippen LogP contribution in [0.3, 0.4) is 0 Å². The summed E-state index contributed by atoms with van der Waals surface area (Å²) >= 11 is 5.80. The highest BCUT2D eigenvalue weighted by Gasteiger charge is 2.03. The Balaban J connectivity index is 2.95. The first-order valence-electron chi connectivity index (χ1n) is 4.30. The molecule has 0 unspecified atom stereocenters. The molecule has 2 N–H and O–H groups in total. The molecule has 0 heterocycles. The molecule has 0 aliphatic rings. The molecule has 0 atom stereocenters. The fourth-order valence-electron chi connectivity index (χ4n) is 1.22. The number of hydrazone groups is 1. The van der Waals surface area contributed by atoms with Gasteiger partial charge in [0.25, 0.3) is 0 Å². The van der Waals surface area contributed by atoms with Crippen LogP contribution in [0.1, 0.15) is 18.1 Å². The van der Waals surface area contributed by atoms with E-state index in [9.17, 15) is 4.79 Å². The van der Waals surface area contributed by atoms with Crippen molar-refractivity contribution >= 4 is 23.4 Å². The van der Waals surface area contributed by atoms with Gasteiger partial charge in [0.15, 0.2) is 0 Å². The quantitative estimate of drug-likeness (QED) is 0.602. The summed E-state index contributed by atoms with van der Waals surface area (Å²) in [6.07, 6.45) is -1.18. The molecule has 1 aromatic carbocycles. The first kappa shape index (κ1) is 11.5. The number of benzene rings is 1. The van der Waals surface area contributed by atoms with Gasteiger partial charge >= 0.3 is 6.09 Å². The third-order valence-electron chi connectivity index (χ3n) is 1.90. The van der Waals surface area contributed by atoms with Gasteiger partial charge in [-0.05, 0) is 31.5 Å². The number of nitrogens with one attached hydrogen (secondary N) is 1. The molecule has 0 spiro atoms. The van der Waals surface area contributed by atoms with Crippen molar-refractivity contribution in [2.45, 2.75) is 13.8 Å². The van der Waals surface area contributed by atoms with Crippen molar-refractivity contribution in [2.75, 3.05) is 0 Å². The molecule has 4 nitrogen and oxygen atoms in total. The summed E-state index contributed by atoms with van der Waals surface area (Å²) in [4.78, 5) is 10.2. The highest BCUT2D eigenvalue weighted by atomic mass is 35.5. The molecule has 0 saturated carbocycles. The normalized spacial score (nSPS) is 11.3. The van der Waals surface area contributed by atoms with E-state index in [0.717, 1.165) is 11.1 Å². The van der Waals surface area contributed by atoms with Crippen molar-refractivity contribution in [3.63, 3.8) is 0 Å². The van der Waals surface area contributed by atoms with Crippen molar-refractivity contribution in [3.8, 4) is 0 Å². The molecular formula is C10H11ClN2O2. The Labute approximate surface area is 92.6 Å². The monoisotopic (exact) mass is 226 g/mol. The molecule has 0 saturated heterocycles. The van der Waals surface area contributed by atoms with E-state index < -0.39 is 6.09 Å². The van der Waals surface area contributed by atoms with Crippen LogP contribution in [-0.4, -0.2) is 16.9 Å². The van der Waals surface area contributed by atoms with Crippen molar-refractivity contribution in [1.29, 1.82) is 0 Å². The minimum Gasteiger partial charge on any atom is -0.464 e. The Kier molecular flexibility index (Phi) is 3.68.